The number of furan rings is 1. The molecule has 4 rings (SSSR count). The molecule has 0 saturated heterocycles. The van der Waals surface area contributed by atoms with E-state index in [1.54, 1.807) is 25.1 Å². The van der Waals surface area contributed by atoms with Gasteiger partial charge < -0.3 is 25.4 Å². The SMILES string of the molecule is C=C/C=C(\C=C(/C)c1cc2c(C(=O)NC)c(-c3ccc(F)cc3)oc2c2c(C(=O)C(=O)NC)c[nH]c12)C(=O)NC(C)(C)C. The van der Waals surface area contributed by atoms with Crippen molar-refractivity contribution in [3.8, 4) is 11.3 Å². The highest BCUT2D eigenvalue weighted by atomic mass is 19.1. The fourth-order valence-electron chi connectivity index (χ4n) is 4.78. The summed E-state index contributed by atoms with van der Waals surface area (Å²) in [5, 5.41) is 8.53. The van der Waals surface area contributed by atoms with Gasteiger partial charge in [-0.1, -0.05) is 18.7 Å². The molecule has 10 heteroatoms. The predicted octanol–water partition coefficient (Wildman–Crippen LogP) is 5.44. The average Bonchev–Trinajstić information content (AvgIpc) is 3.57. The lowest BCUT2D eigenvalue weighted by molar-refractivity contribution is -0.118. The van der Waals surface area contributed by atoms with Gasteiger partial charge in [-0.15, -0.1) is 0 Å². The van der Waals surface area contributed by atoms with Crippen LogP contribution in [0, 0.1) is 5.82 Å². The van der Waals surface area contributed by atoms with Gasteiger partial charge in [0.25, 0.3) is 23.5 Å². The van der Waals surface area contributed by atoms with E-state index in [4.69, 9.17) is 4.42 Å². The van der Waals surface area contributed by atoms with Gasteiger partial charge in [0.05, 0.1) is 22.0 Å². The third-order valence-electron chi connectivity index (χ3n) is 6.69. The Kier molecular flexibility index (Phi) is 8.52. The molecule has 222 valence electrons. The van der Waals surface area contributed by atoms with Crippen molar-refractivity contribution in [3.05, 3.63) is 89.4 Å². The number of hydrogen-bond donors (Lipinski definition) is 4. The monoisotopic (exact) mass is 584 g/mol. The van der Waals surface area contributed by atoms with Gasteiger partial charge in [0.1, 0.15) is 17.2 Å². The Morgan fingerprint density at radius 1 is 1.00 bits per heavy atom. The topological polar surface area (TPSA) is 133 Å². The number of hydrogen-bond acceptors (Lipinski definition) is 5. The van der Waals surface area contributed by atoms with E-state index in [1.165, 1.54) is 50.6 Å². The number of carbonyl (C=O) groups is 4. The number of allylic oxidation sites excluding steroid dienone is 3. The minimum Gasteiger partial charge on any atom is -0.454 e. The molecule has 2 aromatic carbocycles. The minimum atomic E-state index is -0.835. The van der Waals surface area contributed by atoms with Gasteiger partial charge in [0.2, 0.25) is 0 Å². The number of rotatable bonds is 8. The molecular formula is C33H33FN4O5. The number of ketones is 1. The summed E-state index contributed by atoms with van der Waals surface area (Å²) in [5.41, 5.74) is 2.26. The van der Waals surface area contributed by atoms with Crippen molar-refractivity contribution in [2.45, 2.75) is 33.2 Å². The lowest BCUT2D eigenvalue weighted by atomic mass is 9.95. The molecule has 3 amide bonds. The summed E-state index contributed by atoms with van der Waals surface area (Å²) >= 11 is 0. The van der Waals surface area contributed by atoms with Crippen LogP contribution in [0.3, 0.4) is 0 Å². The Labute approximate surface area is 247 Å². The highest BCUT2D eigenvalue weighted by Crippen LogP contribution is 2.41. The number of benzene rings is 2. The Balaban J connectivity index is 2.10. The van der Waals surface area contributed by atoms with Crippen LogP contribution in [0.5, 0.6) is 0 Å². The van der Waals surface area contributed by atoms with Crippen LogP contribution in [-0.4, -0.2) is 48.1 Å². The number of nitrogens with one attached hydrogen (secondary N) is 4. The fourth-order valence-corrected chi connectivity index (χ4v) is 4.78. The van der Waals surface area contributed by atoms with E-state index in [-0.39, 0.29) is 33.8 Å². The molecular weight excluding hydrogens is 551 g/mol. The third-order valence-corrected chi connectivity index (χ3v) is 6.69. The number of Topliss-reactive ketones (excluding diaryl/α,β-unsaturated/α-hetero) is 1. The Hall–Kier alpha value is -5.25. The number of carbonyl (C=O) groups excluding carboxylic acids is 4. The van der Waals surface area contributed by atoms with Gasteiger partial charge >= 0.3 is 0 Å². The van der Waals surface area contributed by atoms with Gasteiger partial charge in [-0.05, 0) is 69.7 Å². The number of amides is 3. The summed E-state index contributed by atoms with van der Waals surface area (Å²) in [7, 11) is 2.82. The standard InChI is InChI=1S/C33H33FN4O5/c1-8-9-19(30(40)38-33(3,4)5)14-17(2)21-15-22-25(31(41)35-6)28(18-10-12-20(34)13-11-18)43-29(22)24-23(16-37-26(21)24)27(39)32(42)36-7/h8-16,37H,1H2,2-7H3,(H,35,41)(H,36,42)(H,38,40)/b17-14+,19-9+. The van der Waals surface area contributed by atoms with Crippen molar-refractivity contribution in [2.24, 2.45) is 0 Å². The summed E-state index contributed by atoms with van der Waals surface area (Å²) < 4.78 is 20.0. The first kappa shape index (κ1) is 30.7. The van der Waals surface area contributed by atoms with Gasteiger partial charge in [-0.2, -0.15) is 0 Å². The van der Waals surface area contributed by atoms with Crippen molar-refractivity contribution in [2.75, 3.05) is 14.1 Å². The van der Waals surface area contributed by atoms with Crippen LogP contribution >= 0.6 is 0 Å². The van der Waals surface area contributed by atoms with Crippen molar-refractivity contribution >= 4 is 51.0 Å². The van der Waals surface area contributed by atoms with E-state index < -0.39 is 29.0 Å². The Morgan fingerprint density at radius 3 is 2.26 bits per heavy atom. The average molecular weight is 585 g/mol. The fraction of sp³-hybridized carbons (Fsp3) is 0.212. The Morgan fingerprint density at radius 2 is 1.67 bits per heavy atom. The summed E-state index contributed by atoms with van der Waals surface area (Å²) in [5.74, 6) is -2.75. The molecule has 0 spiro atoms. The molecule has 9 nitrogen and oxygen atoms in total. The first-order valence-corrected chi connectivity index (χ1v) is 13.5. The van der Waals surface area contributed by atoms with Crippen LogP contribution in [0.1, 0.15) is 54.0 Å². The van der Waals surface area contributed by atoms with Gasteiger partial charge in [-0.3, -0.25) is 19.2 Å². The number of aromatic amines is 1. The van der Waals surface area contributed by atoms with E-state index in [2.05, 4.69) is 27.5 Å². The highest BCUT2D eigenvalue weighted by molar-refractivity contribution is 6.46. The quantitative estimate of drug-likeness (QED) is 0.0948. The lowest BCUT2D eigenvalue weighted by Gasteiger charge is -2.21. The Bertz CT molecular complexity index is 1850. The second-order valence-electron chi connectivity index (χ2n) is 10.9. The van der Waals surface area contributed by atoms with Crippen molar-refractivity contribution < 1.29 is 28.0 Å². The molecule has 0 saturated carbocycles. The van der Waals surface area contributed by atoms with Crippen molar-refractivity contribution in [3.63, 3.8) is 0 Å². The maximum absolute atomic E-state index is 13.8. The summed E-state index contributed by atoms with van der Waals surface area (Å²) in [6, 6.07) is 7.18. The minimum absolute atomic E-state index is 0.0317. The summed E-state index contributed by atoms with van der Waals surface area (Å²) in [6.07, 6.45) is 6.16. The zero-order valence-electron chi connectivity index (χ0n) is 24.8. The number of halogens is 1. The second kappa shape index (κ2) is 11.9. The molecule has 0 radical (unpaired) electrons. The van der Waals surface area contributed by atoms with Gasteiger partial charge in [0, 0.05) is 47.9 Å². The van der Waals surface area contributed by atoms with Crippen molar-refractivity contribution in [1.29, 1.82) is 0 Å². The molecule has 2 heterocycles. The van der Waals surface area contributed by atoms with E-state index >= 15 is 0 Å². The molecule has 4 N–H and O–H groups in total. The maximum atomic E-state index is 13.8. The molecule has 0 aliphatic rings. The number of aromatic nitrogens is 1. The molecule has 0 fully saturated rings. The van der Waals surface area contributed by atoms with Gasteiger partial charge in [-0.25, -0.2) is 4.39 Å². The first-order valence-electron chi connectivity index (χ1n) is 13.5. The van der Waals surface area contributed by atoms with Crippen molar-refractivity contribution in [1.82, 2.24) is 20.9 Å². The van der Waals surface area contributed by atoms with Crippen LogP contribution in [0.25, 0.3) is 38.8 Å². The van der Waals surface area contributed by atoms with Crippen LogP contribution in [0.15, 0.2) is 71.3 Å². The highest BCUT2D eigenvalue weighted by Gasteiger charge is 2.29. The molecule has 0 unspecified atom stereocenters. The molecule has 0 atom stereocenters. The zero-order valence-corrected chi connectivity index (χ0v) is 24.8. The van der Waals surface area contributed by atoms with E-state index in [0.29, 0.717) is 33.2 Å². The van der Waals surface area contributed by atoms with Crippen LogP contribution in [0.4, 0.5) is 4.39 Å². The molecule has 2 aromatic heterocycles. The summed E-state index contributed by atoms with van der Waals surface area (Å²) in [4.78, 5) is 55.1. The zero-order chi connectivity index (χ0) is 31.6. The van der Waals surface area contributed by atoms with E-state index in [0.717, 1.165) is 0 Å². The van der Waals surface area contributed by atoms with Gasteiger partial charge in [0.15, 0.2) is 0 Å². The molecule has 4 aromatic rings. The molecule has 0 aliphatic carbocycles. The molecule has 0 aliphatic heterocycles. The second-order valence-corrected chi connectivity index (χ2v) is 10.9. The molecule has 0 bridgehead atoms. The van der Waals surface area contributed by atoms with Crippen LogP contribution in [0.2, 0.25) is 0 Å². The third kappa shape index (κ3) is 6.04. The number of H-pyrrole nitrogens is 1. The smallest absolute Gasteiger partial charge is 0.292 e. The van der Waals surface area contributed by atoms with E-state index in [9.17, 15) is 23.6 Å². The lowest BCUT2D eigenvalue weighted by Crippen LogP contribution is -2.41. The first-order chi connectivity index (χ1) is 20.3. The van der Waals surface area contributed by atoms with E-state index in [1.807, 2.05) is 20.8 Å². The number of fused-ring (bicyclic) bond motifs is 3. The predicted molar refractivity (Wildman–Crippen MR) is 165 cm³/mol. The normalized spacial score (nSPS) is 12.3. The molecule has 43 heavy (non-hydrogen) atoms. The summed E-state index contributed by atoms with van der Waals surface area (Å²) in [6.45, 7) is 11.1. The maximum Gasteiger partial charge on any atom is 0.292 e. The largest absolute Gasteiger partial charge is 0.454 e. The number of likely N-dealkylation sites (N-methyl/N-ethyl adjacent to an activating group) is 1. The van der Waals surface area contributed by atoms with Crippen LogP contribution < -0.4 is 16.0 Å². The van der Waals surface area contributed by atoms with Crippen LogP contribution in [-0.2, 0) is 9.59 Å².